The first kappa shape index (κ1) is 16.4. The number of carbonyl (C=O) groups is 1. The Labute approximate surface area is 137 Å². The zero-order chi connectivity index (χ0) is 17.1. The Morgan fingerprint density at radius 3 is 2.79 bits per heavy atom. The van der Waals surface area contributed by atoms with Crippen LogP contribution in [0.3, 0.4) is 0 Å². The normalized spacial score (nSPS) is 16.4. The van der Waals surface area contributed by atoms with Crippen LogP contribution in [0.1, 0.15) is 12.8 Å². The number of amides is 1. The molecule has 1 aliphatic heterocycles. The van der Waals surface area contributed by atoms with Gasteiger partial charge in [0.1, 0.15) is 5.82 Å². The van der Waals surface area contributed by atoms with Gasteiger partial charge in [-0.3, -0.25) is 4.79 Å². The van der Waals surface area contributed by atoms with Crippen LogP contribution in [0.4, 0.5) is 9.18 Å². The fourth-order valence-electron chi connectivity index (χ4n) is 3.08. The van der Waals surface area contributed by atoms with Gasteiger partial charge in [-0.25, -0.2) is 14.2 Å². The molecule has 1 aromatic carbocycles. The molecule has 0 aliphatic carbocycles. The zero-order valence-corrected chi connectivity index (χ0v) is 13.1. The first-order chi connectivity index (χ1) is 11.5. The highest BCUT2D eigenvalue weighted by Crippen LogP contribution is 2.13. The molecule has 1 fully saturated rings. The van der Waals surface area contributed by atoms with Crippen molar-refractivity contribution in [1.82, 2.24) is 19.8 Å². The Morgan fingerprint density at radius 1 is 1.33 bits per heavy atom. The number of nitrogens with one attached hydrogen (secondary N) is 1. The summed E-state index contributed by atoms with van der Waals surface area (Å²) < 4.78 is 15.0. The molecule has 0 unspecified atom stereocenters. The third-order valence-electron chi connectivity index (χ3n) is 4.36. The smallest absolute Gasteiger partial charge is 0.404 e. The molecule has 24 heavy (non-hydrogen) atoms. The lowest BCUT2D eigenvalue weighted by Crippen LogP contribution is -2.45. The minimum absolute atomic E-state index is 0.0164. The molecule has 1 aliphatic rings. The molecule has 8 heteroatoms. The number of piperidine rings is 1. The average Bonchev–Trinajstić information content (AvgIpc) is 2.55. The lowest BCUT2D eigenvalue weighted by Gasteiger charge is -2.31. The summed E-state index contributed by atoms with van der Waals surface area (Å²) in [6, 6.07) is 4.19. The lowest BCUT2D eigenvalue weighted by molar-refractivity contribution is 0.166. The molecule has 128 valence electrons. The number of rotatable bonds is 4. The van der Waals surface area contributed by atoms with Gasteiger partial charge in [0.2, 0.25) is 0 Å². The van der Waals surface area contributed by atoms with Crippen LogP contribution < -0.4 is 10.9 Å². The van der Waals surface area contributed by atoms with E-state index >= 15 is 0 Å². The minimum Gasteiger partial charge on any atom is -0.465 e. The van der Waals surface area contributed by atoms with E-state index in [1.807, 2.05) is 0 Å². The van der Waals surface area contributed by atoms with E-state index < -0.39 is 11.9 Å². The Morgan fingerprint density at radius 2 is 2.08 bits per heavy atom. The fraction of sp³-hybridized carbons (Fsp3) is 0.438. The lowest BCUT2D eigenvalue weighted by atomic mass is 10.1. The van der Waals surface area contributed by atoms with E-state index in [1.165, 1.54) is 22.9 Å². The number of carboxylic acid groups (broad SMARTS) is 1. The topological polar surface area (TPSA) is 87.5 Å². The predicted molar refractivity (Wildman–Crippen MR) is 86.6 cm³/mol. The molecule has 0 radical (unpaired) electrons. The molecule has 0 saturated carbocycles. The summed E-state index contributed by atoms with van der Waals surface area (Å²) in [5.41, 5.74) is 0.820. The number of fused-ring (bicyclic) bond motifs is 1. The van der Waals surface area contributed by atoms with E-state index in [0.29, 0.717) is 24.1 Å². The van der Waals surface area contributed by atoms with Crippen molar-refractivity contribution in [2.24, 2.45) is 0 Å². The molecule has 1 saturated heterocycles. The van der Waals surface area contributed by atoms with Crippen LogP contribution in [0.25, 0.3) is 11.0 Å². The van der Waals surface area contributed by atoms with E-state index in [2.05, 4.69) is 15.2 Å². The highest BCUT2D eigenvalue weighted by molar-refractivity contribution is 5.74. The molecule has 1 aromatic heterocycles. The molecule has 0 atom stereocenters. The third kappa shape index (κ3) is 3.70. The maximum Gasteiger partial charge on any atom is 0.404 e. The van der Waals surface area contributed by atoms with Gasteiger partial charge in [-0.1, -0.05) is 0 Å². The summed E-state index contributed by atoms with van der Waals surface area (Å²) in [5.74, 6) is -0.399. The van der Waals surface area contributed by atoms with Gasteiger partial charge < -0.3 is 19.9 Å². The van der Waals surface area contributed by atoms with Crippen LogP contribution in [0.15, 0.2) is 29.2 Å². The van der Waals surface area contributed by atoms with Gasteiger partial charge in [0.25, 0.3) is 5.56 Å². The molecule has 1 amide bonds. The molecular weight excluding hydrogens is 315 g/mol. The van der Waals surface area contributed by atoms with Crippen LogP contribution >= 0.6 is 0 Å². The number of hydrogen-bond donors (Lipinski definition) is 2. The Balaban J connectivity index is 1.66. The van der Waals surface area contributed by atoms with Gasteiger partial charge in [0, 0.05) is 32.2 Å². The van der Waals surface area contributed by atoms with Gasteiger partial charge in [-0.05, 0) is 31.0 Å². The quantitative estimate of drug-likeness (QED) is 0.879. The summed E-state index contributed by atoms with van der Waals surface area (Å²) in [6.07, 6.45) is 1.74. The standard InChI is InChI=1S/C16H19FN4O3/c17-11-1-2-13-14(9-11)21(15(22)10-18-13)8-7-20-5-3-12(4-6-20)19-16(23)24/h1-2,9-10,12,19H,3-8H2,(H,23,24). The Kier molecular flexibility index (Phi) is 4.75. The molecular formula is C16H19FN4O3. The van der Waals surface area contributed by atoms with Crippen molar-refractivity contribution in [3.8, 4) is 0 Å². The molecule has 0 bridgehead atoms. The van der Waals surface area contributed by atoms with Crippen LogP contribution in [0.5, 0.6) is 0 Å². The first-order valence-electron chi connectivity index (χ1n) is 7.90. The van der Waals surface area contributed by atoms with Gasteiger partial charge in [0.05, 0.1) is 17.2 Å². The maximum atomic E-state index is 13.5. The van der Waals surface area contributed by atoms with Crippen LogP contribution in [-0.2, 0) is 6.54 Å². The van der Waals surface area contributed by atoms with Crippen molar-refractivity contribution in [3.05, 3.63) is 40.6 Å². The maximum absolute atomic E-state index is 13.5. The summed E-state index contributed by atoms with van der Waals surface area (Å²) in [4.78, 5) is 28.9. The van der Waals surface area contributed by atoms with Gasteiger partial charge in [-0.2, -0.15) is 0 Å². The van der Waals surface area contributed by atoms with Crippen LogP contribution in [0, 0.1) is 5.82 Å². The van der Waals surface area contributed by atoms with E-state index in [4.69, 9.17) is 5.11 Å². The van der Waals surface area contributed by atoms with Gasteiger partial charge in [0.15, 0.2) is 0 Å². The van der Waals surface area contributed by atoms with Gasteiger partial charge in [-0.15, -0.1) is 0 Å². The van der Waals surface area contributed by atoms with Crippen molar-refractivity contribution in [2.45, 2.75) is 25.4 Å². The Bertz CT molecular complexity index is 799. The van der Waals surface area contributed by atoms with Gasteiger partial charge >= 0.3 is 6.09 Å². The SMILES string of the molecule is O=C(O)NC1CCN(CCn2c(=O)cnc3ccc(F)cc32)CC1. The second kappa shape index (κ2) is 6.96. The number of nitrogens with zero attached hydrogens (tertiary/aromatic N) is 3. The number of hydrogen-bond acceptors (Lipinski definition) is 4. The highest BCUT2D eigenvalue weighted by Gasteiger charge is 2.20. The fourth-order valence-corrected chi connectivity index (χ4v) is 3.08. The Hall–Kier alpha value is -2.48. The summed E-state index contributed by atoms with van der Waals surface area (Å²) in [5, 5.41) is 11.2. The molecule has 2 N–H and O–H groups in total. The van der Waals surface area contributed by atoms with E-state index in [1.54, 1.807) is 6.07 Å². The second-order valence-electron chi connectivity index (χ2n) is 5.95. The first-order valence-corrected chi connectivity index (χ1v) is 7.90. The number of likely N-dealkylation sites (tertiary alicyclic amines) is 1. The van der Waals surface area contributed by atoms with Crippen LogP contribution in [-0.4, -0.2) is 51.3 Å². The molecule has 7 nitrogen and oxygen atoms in total. The van der Waals surface area contributed by atoms with Crippen molar-refractivity contribution in [2.75, 3.05) is 19.6 Å². The number of aromatic nitrogens is 2. The monoisotopic (exact) mass is 334 g/mol. The third-order valence-corrected chi connectivity index (χ3v) is 4.36. The largest absolute Gasteiger partial charge is 0.465 e. The van der Waals surface area contributed by atoms with Crippen molar-refractivity contribution >= 4 is 17.1 Å². The predicted octanol–water partition coefficient (Wildman–Crippen LogP) is 1.27. The minimum atomic E-state index is -0.995. The second-order valence-corrected chi connectivity index (χ2v) is 5.95. The van der Waals surface area contributed by atoms with E-state index in [9.17, 15) is 14.0 Å². The molecule has 2 heterocycles. The van der Waals surface area contributed by atoms with Crippen molar-refractivity contribution in [1.29, 1.82) is 0 Å². The average molecular weight is 334 g/mol. The molecule has 2 aromatic rings. The van der Waals surface area contributed by atoms with Crippen molar-refractivity contribution in [3.63, 3.8) is 0 Å². The number of halogens is 1. The summed E-state index contributed by atoms with van der Waals surface area (Å²) in [6.45, 7) is 2.61. The molecule has 0 spiro atoms. The highest BCUT2D eigenvalue weighted by atomic mass is 19.1. The summed E-state index contributed by atoms with van der Waals surface area (Å²) >= 11 is 0. The molecule has 3 rings (SSSR count). The van der Waals surface area contributed by atoms with Crippen LogP contribution in [0.2, 0.25) is 0 Å². The summed E-state index contributed by atoms with van der Waals surface area (Å²) in [7, 11) is 0. The van der Waals surface area contributed by atoms with Crippen molar-refractivity contribution < 1.29 is 14.3 Å². The zero-order valence-electron chi connectivity index (χ0n) is 13.1. The van der Waals surface area contributed by atoms with E-state index in [-0.39, 0.29) is 11.6 Å². The van der Waals surface area contributed by atoms with E-state index in [0.717, 1.165) is 25.9 Å². The number of benzene rings is 1.